The second-order valence-corrected chi connectivity index (χ2v) is 4.97. The highest BCUT2D eigenvalue weighted by Crippen LogP contribution is 2.39. The van der Waals surface area contributed by atoms with Crippen LogP contribution in [0.2, 0.25) is 0 Å². The zero-order valence-electron chi connectivity index (χ0n) is 9.61. The van der Waals surface area contributed by atoms with Crippen LogP contribution in [0.15, 0.2) is 0 Å². The van der Waals surface area contributed by atoms with E-state index in [1.807, 2.05) is 13.8 Å². The van der Waals surface area contributed by atoms with Crippen LogP contribution in [0.4, 0.5) is 0 Å². The molecule has 5 atom stereocenters. The molecular formula is C11H20O3. The molecule has 3 nitrogen and oxygen atoms in total. The van der Waals surface area contributed by atoms with Crippen molar-refractivity contribution in [3.05, 3.63) is 0 Å². The van der Waals surface area contributed by atoms with Crippen LogP contribution in [-0.2, 0) is 14.2 Å². The van der Waals surface area contributed by atoms with E-state index in [2.05, 4.69) is 20.8 Å². The van der Waals surface area contributed by atoms with Gasteiger partial charge in [0.05, 0.1) is 24.4 Å². The lowest BCUT2D eigenvalue weighted by atomic mass is 9.96. The zero-order valence-corrected chi connectivity index (χ0v) is 9.61. The minimum Gasteiger partial charge on any atom is -0.369 e. The fourth-order valence-corrected chi connectivity index (χ4v) is 2.44. The van der Waals surface area contributed by atoms with Crippen LogP contribution in [0.3, 0.4) is 0 Å². The van der Waals surface area contributed by atoms with Crippen molar-refractivity contribution in [1.29, 1.82) is 0 Å². The Labute approximate surface area is 85.7 Å². The van der Waals surface area contributed by atoms with Crippen molar-refractivity contribution in [2.24, 2.45) is 5.92 Å². The quantitative estimate of drug-likeness (QED) is 0.638. The van der Waals surface area contributed by atoms with Gasteiger partial charge in [0.2, 0.25) is 0 Å². The van der Waals surface area contributed by atoms with Crippen molar-refractivity contribution in [2.75, 3.05) is 0 Å². The first kappa shape index (κ1) is 10.4. The van der Waals surface area contributed by atoms with E-state index < -0.39 is 5.79 Å². The minimum atomic E-state index is -0.434. The molecular weight excluding hydrogens is 180 g/mol. The van der Waals surface area contributed by atoms with E-state index in [0.29, 0.717) is 18.1 Å². The molecule has 2 aliphatic rings. The molecule has 0 aromatic rings. The fourth-order valence-electron chi connectivity index (χ4n) is 2.44. The Balaban J connectivity index is 1.98. The summed E-state index contributed by atoms with van der Waals surface area (Å²) in [5.41, 5.74) is 0. The SMILES string of the molecule is C[C@H]([C@@H]1O[C@@H]1C)[C@@H]1OC(C)(C)O[C@@H]1C. The second-order valence-electron chi connectivity index (χ2n) is 4.97. The Bertz CT molecular complexity index is 227. The van der Waals surface area contributed by atoms with Crippen molar-refractivity contribution < 1.29 is 14.2 Å². The average Bonchev–Trinajstić information content (AvgIpc) is 2.69. The van der Waals surface area contributed by atoms with Crippen LogP contribution < -0.4 is 0 Å². The van der Waals surface area contributed by atoms with Crippen molar-refractivity contribution in [2.45, 2.75) is 64.8 Å². The highest BCUT2D eigenvalue weighted by atomic mass is 16.8. The highest BCUT2D eigenvalue weighted by molar-refractivity contribution is 4.93. The summed E-state index contributed by atoms with van der Waals surface area (Å²) in [7, 11) is 0. The van der Waals surface area contributed by atoms with Crippen LogP contribution in [-0.4, -0.2) is 30.2 Å². The predicted octanol–water partition coefficient (Wildman–Crippen LogP) is 1.95. The van der Waals surface area contributed by atoms with Gasteiger partial charge in [0.15, 0.2) is 5.79 Å². The summed E-state index contributed by atoms with van der Waals surface area (Å²) in [5.74, 6) is -0.0157. The summed E-state index contributed by atoms with van der Waals surface area (Å²) in [6.45, 7) is 10.3. The third-order valence-electron chi connectivity index (χ3n) is 3.15. The van der Waals surface area contributed by atoms with Crippen LogP contribution >= 0.6 is 0 Å². The Hall–Kier alpha value is -0.120. The van der Waals surface area contributed by atoms with Crippen molar-refractivity contribution >= 4 is 0 Å². The molecule has 2 saturated heterocycles. The third kappa shape index (κ3) is 1.81. The molecule has 2 aliphatic heterocycles. The standard InChI is InChI=1S/C11H20O3/c1-6(9-7(2)12-9)10-8(3)13-11(4,5)14-10/h6-10H,1-5H3/t6-,7-,8-,9+,10+/m1/s1. The van der Waals surface area contributed by atoms with Crippen molar-refractivity contribution in [1.82, 2.24) is 0 Å². The maximum Gasteiger partial charge on any atom is 0.163 e. The predicted molar refractivity (Wildman–Crippen MR) is 53.0 cm³/mol. The molecule has 2 heterocycles. The number of rotatable bonds is 2. The summed E-state index contributed by atoms with van der Waals surface area (Å²) >= 11 is 0. The van der Waals surface area contributed by atoms with Gasteiger partial charge in [-0.15, -0.1) is 0 Å². The summed E-state index contributed by atoms with van der Waals surface area (Å²) < 4.78 is 17.1. The van der Waals surface area contributed by atoms with E-state index in [-0.39, 0.29) is 12.2 Å². The zero-order chi connectivity index (χ0) is 10.5. The summed E-state index contributed by atoms with van der Waals surface area (Å²) in [6.07, 6.45) is 1.08. The molecule has 14 heavy (non-hydrogen) atoms. The van der Waals surface area contributed by atoms with Crippen molar-refractivity contribution in [3.63, 3.8) is 0 Å². The summed E-state index contributed by atoms with van der Waals surface area (Å²) in [5, 5.41) is 0. The Kier molecular flexibility index (Phi) is 2.37. The number of hydrogen-bond acceptors (Lipinski definition) is 3. The van der Waals surface area contributed by atoms with E-state index in [1.54, 1.807) is 0 Å². The molecule has 0 aromatic carbocycles. The van der Waals surface area contributed by atoms with Gasteiger partial charge in [-0.25, -0.2) is 0 Å². The van der Waals surface area contributed by atoms with Crippen molar-refractivity contribution in [3.8, 4) is 0 Å². The van der Waals surface area contributed by atoms with Gasteiger partial charge in [-0.2, -0.15) is 0 Å². The molecule has 3 heteroatoms. The number of ether oxygens (including phenoxy) is 3. The van der Waals surface area contributed by atoms with Gasteiger partial charge in [0, 0.05) is 5.92 Å². The monoisotopic (exact) mass is 200 g/mol. The van der Waals surface area contributed by atoms with Gasteiger partial charge in [0.1, 0.15) is 0 Å². The Morgan fingerprint density at radius 3 is 1.93 bits per heavy atom. The molecule has 0 amide bonds. The second kappa shape index (κ2) is 3.19. The topological polar surface area (TPSA) is 31.0 Å². The van der Waals surface area contributed by atoms with E-state index in [4.69, 9.17) is 14.2 Å². The largest absolute Gasteiger partial charge is 0.369 e. The summed E-state index contributed by atoms with van der Waals surface area (Å²) in [4.78, 5) is 0. The molecule has 0 aromatic heterocycles. The lowest BCUT2D eigenvalue weighted by Gasteiger charge is -2.20. The molecule has 0 saturated carbocycles. The third-order valence-corrected chi connectivity index (χ3v) is 3.15. The normalized spacial score (nSPS) is 47.8. The molecule has 82 valence electrons. The van der Waals surface area contributed by atoms with Gasteiger partial charge in [0.25, 0.3) is 0 Å². The molecule has 0 radical (unpaired) electrons. The first-order valence-corrected chi connectivity index (χ1v) is 5.42. The molecule has 0 aliphatic carbocycles. The van der Waals surface area contributed by atoms with Gasteiger partial charge in [-0.3, -0.25) is 0 Å². The molecule has 0 bridgehead atoms. The van der Waals surface area contributed by atoms with E-state index in [9.17, 15) is 0 Å². The lowest BCUT2D eigenvalue weighted by Crippen LogP contribution is -2.31. The van der Waals surface area contributed by atoms with Crippen LogP contribution in [0.1, 0.15) is 34.6 Å². The summed E-state index contributed by atoms with van der Waals surface area (Å²) in [6, 6.07) is 0. The van der Waals surface area contributed by atoms with E-state index in [1.165, 1.54) is 0 Å². The minimum absolute atomic E-state index is 0.163. The molecule has 2 fully saturated rings. The molecule has 2 rings (SSSR count). The van der Waals surface area contributed by atoms with Crippen LogP contribution in [0, 0.1) is 5.92 Å². The smallest absolute Gasteiger partial charge is 0.163 e. The van der Waals surface area contributed by atoms with Crippen LogP contribution in [0.25, 0.3) is 0 Å². The number of epoxide rings is 1. The average molecular weight is 200 g/mol. The molecule has 0 spiro atoms. The van der Waals surface area contributed by atoms with Gasteiger partial charge < -0.3 is 14.2 Å². The fraction of sp³-hybridized carbons (Fsp3) is 1.00. The maximum absolute atomic E-state index is 5.87. The number of hydrogen-bond donors (Lipinski definition) is 0. The Morgan fingerprint density at radius 2 is 1.57 bits per heavy atom. The van der Waals surface area contributed by atoms with Gasteiger partial charge in [-0.1, -0.05) is 6.92 Å². The van der Waals surface area contributed by atoms with E-state index in [0.717, 1.165) is 0 Å². The first-order chi connectivity index (χ1) is 6.41. The first-order valence-electron chi connectivity index (χ1n) is 5.42. The van der Waals surface area contributed by atoms with Crippen LogP contribution in [0.5, 0.6) is 0 Å². The molecule has 0 N–H and O–H groups in total. The lowest BCUT2D eigenvalue weighted by molar-refractivity contribution is -0.149. The van der Waals surface area contributed by atoms with Gasteiger partial charge in [-0.05, 0) is 27.7 Å². The molecule has 0 unspecified atom stereocenters. The van der Waals surface area contributed by atoms with Gasteiger partial charge >= 0.3 is 0 Å². The Morgan fingerprint density at radius 1 is 1.00 bits per heavy atom. The maximum atomic E-state index is 5.87. The highest BCUT2D eigenvalue weighted by Gasteiger charge is 2.49. The van der Waals surface area contributed by atoms with E-state index >= 15 is 0 Å².